The van der Waals surface area contributed by atoms with Crippen molar-refractivity contribution in [2.45, 2.75) is 0 Å². The van der Waals surface area contributed by atoms with Gasteiger partial charge in [0.2, 0.25) is 0 Å². The predicted octanol–water partition coefficient (Wildman–Crippen LogP) is 11.8. The summed E-state index contributed by atoms with van der Waals surface area (Å²) in [5.41, 5.74) is 10.5. The van der Waals surface area contributed by atoms with E-state index in [0.717, 1.165) is 56.4 Å². The highest BCUT2D eigenvalue weighted by Gasteiger charge is 2.22. The molecule has 0 N–H and O–H groups in total. The lowest BCUT2D eigenvalue weighted by Gasteiger charge is -2.29. The van der Waals surface area contributed by atoms with Gasteiger partial charge in [-0.25, -0.2) is 0 Å². The van der Waals surface area contributed by atoms with Crippen LogP contribution >= 0.6 is 0 Å². The Hall–Kier alpha value is -6.37. The zero-order valence-electron chi connectivity index (χ0n) is 25.2. The second-order valence-electron chi connectivity index (χ2n) is 10.9. The van der Waals surface area contributed by atoms with Crippen LogP contribution in [0, 0.1) is 11.3 Å². The summed E-state index contributed by atoms with van der Waals surface area (Å²) < 4.78 is 0. The first-order valence-electron chi connectivity index (χ1n) is 15.4. The molecule has 7 rings (SSSR count). The molecule has 0 spiro atoms. The lowest BCUT2D eigenvalue weighted by atomic mass is 9.90. The van der Waals surface area contributed by atoms with Crippen LogP contribution in [0.5, 0.6) is 0 Å². The Bertz CT molecular complexity index is 1880. The number of hydrogen-bond donors (Lipinski definition) is 0. The Morgan fingerprint density at radius 3 is 0.913 bits per heavy atom. The van der Waals surface area contributed by atoms with Gasteiger partial charge in [-0.05, 0) is 60.7 Å². The molecule has 0 unspecified atom stereocenters. The van der Waals surface area contributed by atoms with E-state index < -0.39 is 0 Å². The molecular formula is C43H31N3. The van der Waals surface area contributed by atoms with Crippen molar-refractivity contribution in [3.63, 3.8) is 0 Å². The van der Waals surface area contributed by atoms with Crippen LogP contribution in [0.25, 0.3) is 22.3 Å². The van der Waals surface area contributed by atoms with Gasteiger partial charge in [-0.15, -0.1) is 0 Å². The largest absolute Gasteiger partial charge is 0.310 e. The van der Waals surface area contributed by atoms with Crippen molar-refractivity contribution in [1.29, 1.82) is 5.26 Å². The van der Waals surface area contributed by atoms with E-state index in [0.29, 0.717) is 5.56 Å². The van der Waals surface area contributed by atoms with E-state index >= 15 is 0 Å². The first kappa shape index (κ1) is 28.4. The van der Waals surface area contributed by atoms with E-state index in [1.807, 2.05) is 36.4 Å². The fraction of sp³-hybridized carbons (Fsp3) is 0. The Balaban J connectivity index is 1.43. The standard InChI is InChI=1S/C43H31N3/c44-32-41-37(39-26-13-15-30-42(39)45(33-18-5-1-6-19-33)34-20-7-2-8-21-34)28-17-29-38(41)40-27-14-16-31-43(40)46(35-22-9-3-10-23-35)36-24-11-4-12-25-36/h1-31H. The third kappa shape index (κ3) is 5.52. The maximum absolute atomic E-state index is 10.9. The number of nitrogens with zero attached hydrogens (tertiary/aromatic N) is 3. The van der Waals surface area contributed by atoms with Crippen LogP contribution in [-0.2, 0) is 0 Å². The Labute approximate surface area is 270 Å². The lowest BCUT2D eigenvalue weighted by molar-refractivity contribution is 1.28. The summed E-state index contributed by atoms with van der Waals surface area (Å²) in [7, 11) is 0. The van der Waals surface area contributed by atoms with Crippen LogP contribution < -0.4 is 9.80 Å². The molecule has 0 atom stereocenters. The number of rotatable bonds is 8. The van der Waals surface area contributed by atoms with Gasteiger partial charge >= 0.3 is 0 Å². The Morgan fingerprint density at radius 1 is 0.304 bits per heavy atom. The van der Waals surface area contributed by atoms with Crippen LogP contribution in [-0.4, -0.2) is 0 Å². The molecule has 0 aliphatic heterocycles. The highest BCUT2D eigenvalue weighted by atomic mass is 15.1. The molecule has 0 aliphatic carbocycles. The van der Waals surface area contributed by atoms with Crippen LogP contribution in [0.1, 0.15) is 5.56 Å². The molecule has 0 saturated heterocycles. The van der Waals surface area contributed by atoms with E-state index in [2.05, 4.69) is 168 Å². The minimum absolute atomic E-state index is 0.629. The molecule has 0 radical (unpaired) electrons. The molecule has 0 saturated carbocycles. The number of para-hydroxylation sites is 6. The SMILES string of the molecule is N#Cc1c(-c2ccccc2N(c2ccccc2)c2ccccc2)cccc1-c1ccccc1N(c1ccccc1)c1ccccc1. The van der Waals surface area contributed by atoms with Gasteiger partial charge in [0, 0.05) is 45.0 Å². The number of nitriles is 1. The summed E-state index contributed by atoms with van der Waals surface area (Å²) in [5, 5.41) is 10.9. The molecule has 0 heterocycles. The molecule has 3 heteroatoms. The van der Waals surface area contributed by atoms with Gasteiger partial charge in [-0.2, -0.15) is 5.26 Å². The number of anilines is 6. The normalized spacial score (nSPS) is 10.6. The highest BCUT2D eigenvalue weighted by molar-refractivity contribution is 5.95. The average Bonchev–Trinajstić information content (AvgIpc) is 3.14. The van der Waals surface area contributed by atoms with E-state index in [4.69, 9.17) is 0 Å². The maximum Gasteiger partial charge on any atom is 0.100 e. The molecule has 218 valence electrons. The minimum atomic E-state index is 0.629. The van der Waals surface area contributed by atoms with Gasteiger partial charge in [0.1, 0.15) is 6.07 Å². The van der Waals surface area contributed by atoms with Gasteiger partial charge in [0.25, 0.3) is 0 Å². The molecule has 0 aromatic heterocycles. The van der Waals surface area contributed by atoms with Gasteiger partial charge < -0.3 is 9.80 Å². The quantitative estimate of drug-likeness (QED) is 0.177. The topological polar surface area (TPSA) is 30.3 Å². The van der Waals surface area contributed by atoms with Crippen molar-refractivity contribution in [2.24, 2.45) is 0 Å². The lowest BCUT2D eigenvalue weighted by Crippen LogP contribution is -2.12. The zero-order chi connectivity index (χ0) is 31.1. The van der Waals surface area contributed by atoms with Crippen LogP contribution in [0.15, 0.2) is 188 Å². The fourth-order valence-corrected chi connectivity index (χ4v) is 6.08. The van der Waals surface area contributed by atoms with E-state index in [1.54, 1.807) is 0 Å². The molecule has 0 amide bonds. The summed E-state index contributed by atoms with van der Waals surface area (Å²) in [6, 6.07) is 66.9. The van der Waals surface area contributed by atoms with Crippen molar-refractivity contribution in [2.75, 3.05) is 9.80 Å². The Morgan fingerprint density at radius 2 is 0.587 bits per heavy atom. The predicted molar refractivity (Wildman–Crippen MR) is 191 cm³/mol. The molecule has 46 heavy (non-hydrogen) atoms. The number of benzene rings is 7. The third-order valence-electron chi connectivity index (χ3n) is 8.10. The van der Waals surface area contributed by atoms with Crippen molar-refractivity contribution < 1.29 is 0 Å². The fourth-order valence-electron chi connectivity index (χ4n) is 6.08. The second kappa shape index (κ2) is 13.1. The summed E-state index contributed by atoms with van der Waals surface area (Å²) in [6.07, 6.45) is 0. The molecule has 3 nitrogen and oxygen atoms in total. The summed E-state index contributed by atoms with van der Waals surface area (Å²) in [6.45, 7) is 0. The minimum Gasteiger partial charge on any atom is -0.310 e. The highest BCUT2D eigenvalue weighted by Crippen LogP contribution is 2.45. The molecule has 7 aromatic rings. The number of hydrogen-bond acceptors (Lipinski definition) is 3. The summed E-state index contributed by atoms with van der Waals surface area (Å²) >= 11 is 0. The van der Waals surface area contributed by atoms with Gasteiger partial charge in [-0.1, -0.05) is 127 Å². The maximum atomic E-state index is 10.9. The van der Waals surface area contributed by atoms with E-state index in [-0.39, 0.29) is 0 Å². The zero-order valence-corrected chi connectivity index (χ0v) is 25.2. The van der Waals surface area contributed by atoms with Gasteiger partial charge in [0.15, 0.2) is 0 Å². The van der Waals surface area contributed by atoms with Gasteiger partial charge in [-0.3, -0.25) is 0 Å². The first-order valence-corrected chi connectivity index (χ1v) is 15.4. The van der Waals surface area contributed by atoms with E-state index in [9.17, 15) is 5.26 Å². The van der Waals surface area contributed by atoms with Crippen molar-refractivity contribution >= 4 is 34.1 Å². The van der Waals surface area contributed by atoms with Crippen molar-refractivity contribution in [1.82, 2.24) is 0 Å². The van der Waals surface area contributed by atoms with Crippen molar-refractivity contribution in [3.05, 3.63) is 194 Å². The molecule has 0 aliphatic rings. The van der Waals surface area contributed by atoms with Crippen LogP contribution in [0.3, 0.4) is 0 Å². The van der Waals surface area contributed by atoms with Gasteiger partial charge in [0.05, 0.1) is 16.9 Å². The molecular weight excluding hydrogens is 558 g/mol. The third-order valence-corrected chi connectivity index (χ3v) is 8.10. The van der Waals surface area contributed by atoms with Crippen LogP contribution in [0.2, 0.25) is 0 Å². The summed E-state index contributed by atoms with van der Waals surface area (Å²) in [5.74, 6) is 0. The molecule has 7 aromatic carbocycles. The smallest absolute Gasteiger partial charge is 0.100 e. The molecule has 0 fully saturated rings. The van der Waals surface area contributed by atoms with E-state index in [1.165, 1.54) is 0 Å². The summed E-state index contributed by atoms with van der Waals surface area (Å²) in [4.78, 5) is 4.51. The first-order chi connectivity index (χ1) is 22.8. The molecule has 0 bridgehead atoms. The second-order valence-corrected chi connectivity index (χ2v) is 10.9. The van der Waals surface area contributed by atoms with Crippen LogP contribution in [0.4, 0.5) is 34.1 Å². The monoisotopic (exact) mass is 589 g/mol. The van der Waals surface area contributed by atoms with Crippen molar-refractivity contribution in [3.8, 4) is 28.3 Å². The Kier molecular flexibility index (Phi) is 8.09. The average molecular weight is 590 g/mol.